The molecule has 0 heterocycles. The number of hydrogen-bond acceptors (Lipinski definition) is 5. The Morgan fingerprint density at radius 3 is 2.22 bits per heavy atom. The minimum absolute atomic E-state index is 0.187. The van der Waals surface area contributed by atoms with E-state index in [-0.39, 0.29) is 12.5 Å². The molecule has 0 unspecified atom stereocenters. The molecule has 0 radical (unpaired) electrons. The van der Waals surface area contributed by atoms with E-state index < -0.39 is 0 Å². The molecule has 1 rings (SSSR count). The van der Waals surface area contributed by atoms with E-state index in [2.05, 4.69) is 4.74 Å². The quantitative estimate of drug-likeness (QED) is 0.746. The molecule has 0 aliphatic heterocycles. The number of carbonyl (C=O) groups is 1. The van der Waals surface area contributed by atoms with Gasteiger partial charge in [-0.2, -0.15) is 0 Å². The third-order valence-corrected chi connectivity index (χ3v) is 2.71. The van der Waals surface area contributed by atoms with Crippen molar-refractivity contribution < 1.29 is 19.0 Å². The second-order valence-electron chi connectivity index (χ2n) is 3.93. The Hall–Kier alpha value is -1.91. The van der Waals surface area contributed by atoms with Gasteiger partial charge in [0.15, 0.2) is 11.5 Å². The van der Waals surface area contributed by atoms with Crippen molar-refractivity contribution >= 4 is 11.7 Å². The maximum atomic E-state index is 11.3. The highest BCUT2D eigenvalue weighted by Gasteiger charge is 2.14. The zero-order chi connectivity index (χ0) is 13.7. The Bertz CT molecular complexity index is 431. The van der Waals surface area contributed by atoms with Gasteiger partial charge in [0.1, 0.15) is 6.54 Å². The molecule has 0 fully saturated rings. The first kappa shape index (κ1) is 14.2. The normalized spacial score (nSPS) is 9.83. The molecule has 0 amide bonds. The zero-order valence-electron chi connectivity index (χ0n) is 11.4. The molecule has 0 aliphatic rings. The molecule has 5 heteroatoms. The van der Waals surface area contributed by atoms with E-state index in [1.165, 1.54) is 7.11 Å². The largest absolute Gasteiger partial charge is 0.493 e. The van der Waals surface area contributed by atoms with Crippen molar-refractivity contribution in [1.82, 2.24) is 0 Å². The summed E-state index contributed by atoms with van der Waals surface area (Å²) in [6.45, 7) is 2.14. The third kappa shape index (κ3) is 3.06. The van der Waals surface area contributed by atoms with Gasteiger partial charge in [0.2, 0.25) is 0 Å². The van der Waals surface area contributed by atoms with Crippen molar-refractivity contribution in [3.63, 3.8) is 0 Å². The second kappa shape index (κ2) is 6.14. The standard InChI is InChI=1S/C13H19NO4/c1-9-6-11(16-3)12(17-4)7-10(9)14(2)8-13(15)18-5/h6-7H,8H2,1-5H3. The fourth-order valence-corrected chi connectivity index (χ4v) is 1.72. The lowest BCUT2D eigenvalue weighted by molar-refractivity contribution is -0.138. The Morgan fingerprint density at radius 1 is 1.17 bits per heavy atom. The van der Waals surface area contributed by atoms with E-state index in [1.54, 1.807) is 14.2 Å². The van der Waals surface area contributed by atoms with Gasteiger partial charge in [-0.15, -0.1) is 0 Å². The molecule has 1 aromatic carbocycles. The predicted molar refractivity (Wildman–Crippen MR) is 69.6 cm³/mol. The van der Waals surface area contributed by atoms with Crippen LogP contribution in [0, 0.1) is 6.92 Å². The lowest BCUT2D eigenvalue weighted by atomic mass is 10.1. The van der Waals surface area contributed by atoms with E-state index in [0.29, 0.717) is 11.5 Å². The molecule has 0 saturated carbocycles. The summed E-state index contributed by atoms with van der Waals surface area (Å²) in [6, 6.07) is 3.72. The summed E-state index contributed by atoms with van der Waals surface area (Å²) >= 11 is 0. The van der Waals surface area contributed by atoms with Gasteiger partial charge in [-0.25, -0.2) is 0 Å². The number of hydrogen-bond donors (Lipinski definition) is 0. The average Bonchev–Trinajstić information content (AvgIpc) is 2.37. The first-order valence-corrected chi connectivity index (χ1v) is 5.54. The number of ether oxygens (including phenoxy) is 3. The monoisotopic (exact) mass is 253 g/mol. The summed E-state index contributed by atoms with van der Waals surface area (Å²) in [5.41, 5.74) is 1.90. The maximum absolute atomic E-state index is 11.3. The smallest absolute Gasteiger partial charge is 0.325 e. The molecule has 100 valence electrons. The SMILES string of the molecule is COC(=O)CN(C)c1cc(OC)c(OC)cc1C. The summed E-state index contributed by atoms with van der Waals surface area (Å²) in [5, 5.41) is 0. The molecular formula is C13H19NO4. The maximum Gasteiger partial charge on any atom is 0.325 e. The van der Waals surface area contributed by atoms with Crippen LogP contribution in [0.5, 0.6) is 11.5 Å². The number of aryl methyl sites for hydroxylation is 1. The van der Waals surface area contributed by atoms with Gasteiger partial charge in [-0.3, -0.25) is 4.79 Å². The van der Waals surface area contributed by atoms with Crippen LogP contribution in [-0.4, -0.2) is 40.9 Å². The number of likely N-dealkylation sites (N-methyl/N-ethyl adjacent to an activating group) is 1. The first-order valence-electron chi connectivity index (χ1n) is 5.54. The van der Waals surface area contributed by atoms with Gasteiger partial charge < -0.3 is 19.1 Å². The summed E-state index contributed by atoms with van der Waals surface area (Å²) in [4.78, 5) is 13.1. The fraction of sp³-hybridized carbons (Fsp3) is 0.462. The highest BCUT2D eigenvalue weighted by atomic mass is 16.5. The number of methoxy groups -OCH3 is 3. The molecule has 5 nitrogen and oxygen atoms in total. The molecular weight excluding hydrogens is 234 g/mol. The summed E-state index contributed by atoms with van der Waals surface area (Å²) in [6.07, 6.45) is 0. The van der Waals surface area contributed by atoms with E-state index in [4.69, 9.17) is 9.47 Å². The molecule has 0 saturated heterocycles. The van der Waals surface area contributed by atoms with Crippen molar-refractivity contribution in [3.8, 4) is 11.5 Å². The van der Waals surface area contributed by atoms with Gasteiger partial charge in [0.25, 0.3) is 0 Å². The number of nitrogens with zero attached hydrogens (tertiary/aromatic N) is 1. The lowest BCUT2D eigenvalue weighted by Crippen LogP contribution is -2.27. The van der Waals surface area contributed by atoms with Gasteiger partial charge in [-0.05, 0) is 18.6 Å². The van der Waals surface area contributed by atoms with Crippen molar-refractivity contribution in [2.45, 2.75) is 6.92 Å². The minimum Gasteiger partial charge on any atom is -0.493 e. The third-order valence-electron chi connectivity index (χ3n) is 2.71. The Labute approximate surface area is 107 Å². The number of esters is 1. The number of benzene rings is 1. The van der Waals surface area contributed by atoms with Crippen molar-refractivity contribution in [2.75, 3.05) is 39.8 Å². The molecule has 0 spiro atoms. The van der Waals surface area contributed by atoms with E-state index in [1.807, 2.05) is 31.0 Å². The molecule has 1 aromatic rings. The van der Waals surface area contributed by atoms with E-state index in [9.17, 15) is 4.79 Å². The molecule has 0 aromatic heterocycles. The topological polar surface area (TPSA) is 48.0 Å². The number of rotatable bonds is 5. The van der Waals surface area contributed by atoms with E-state index in [0.717, 1.165) is 11.3 Å². The van der Waals surface area contributed by atoms with Crippen LogP contribution in [0.25, 0.3) is 0 Å². The summed E-state index contributed by atoms with van der Waals surface area (Å²) in [5.74, 6) is 1.02. The van der Waals surface area contributed by atoms with Crippen molar-refractivity contribution in [3.05, 3.63) is 17.7 Å². The van der Waals surface area contributed by atoms with E-state index >= 15 is 0 Å². The highest BCUT2D eigenvalue weighted by molar-refractivity contribution is 5.76. The van der Waals surface area contributed by atoms with Crippen LogP contribution in [-0.2, 0) is 9.53 Å². The van der Waals surface area contributed by atoms with Crippen LogP contribution >= 0.6 is 0 Å². The van der Waals surface area contributed by atoms with Crippen LogP contribution in [0.3, 0.4) is 0 Å². The van der Waals surface area contributed by atoms with Crippen molar-refractivity contribution in [1.29, 1.82) is 0 Å². The fourth-order valence-electron chi connectivity index (χ4n) is 1.72. The van der Waals surface area contributed by atoms with Crippen LogP contribution in [0.1, 0.15) is 5.56 Å². The van der Waals surface area contributed by atoms with Crippen LogP contribution in [0.2, 0.25) is 0 Å². The second-order valence-corrected chi connectivity index (χ2v) is 3.93. The lowest BCUT2D eigenvalue weighted by Gasteiger charge is -2.21. The molecule has 0 bridgehead atoms. The molecule has 0 aliphatic carbocycles. The summed E-state index contributed by atoms with van der Waals surface area (Å²) in [7, 11) is 6.37. The van der Waals surface area contributed by atoms with Crippen LogP contribution < -0.4 is 14.4 Å². The molecule has 0 atom stereocenters. The van der Waals surface area contributed by atoms with Crippen LogP contribution in [0.15, 0.2) is 12.1 Å². The first-order chi connectivity index (χ1) is 8.53. The number of carbonyl (C=O) groups excluding carboxylic acids is 1. The average molecular weight is 253 g/mol. The van der Waals surface area contributed by atoms with Gasteiger partial charge in [0.05, 0.1) is 21.3 Å². The van der Waals surface area contributed by atoms with Crippen molar-refractivity contribution in [2.24, 2.45) is 0 Å². The zero-order valence-corrected chi connectivity index (χ0v) is 11.4. The molecule has 18 heavy (non-hydrogen) atoms. The van der Waals surface area contributed by atoms with Gasteiger partial charge in [-0.1, -0.05) is 0 Å². The van der Waals surface area contributed by atoms with Gasteiger partial charge in [0, 0.05) is 18.8 Å². The number of anilines is 1. The Morgan fingerprint density at radius 2 is 1.72 bits per heavy atom. The predicted octanol–water partition coefficient (Wildman–Crippen LogP) is 1.62. The van der Waals surface area contributed by atoms with Crippen LogP contribution in [0.4, 0.5) is 5.69 Å². The van der Waals surface area contributed by atoms with Gasteiger partial charge >= 0.3 is 5.97 Å². The Balaban J connectivity index is 3.05. The highest BCUT2D eigenvalue weighted by Crippen LogP contribution is 2.34. The Kier molecular flexibility index (Phi) is 4.83. The molecule has 0 N–H and O–H groups in total. The minimum atomic E-state index is -0.285. The summed E-state index contributed by atoms with van der Waals surface area (Å²) < 4.78 is 15.1.